The van der Waals surface area contributed by atoms with E-state index in [1.807, 2.05) is 7.05 Å². The highest BCUT2D eigenvalue weighted by atomic mass is 127. The van der Waals surface area contributed by atoms with Gasteiger partial charge in [-0.15, -0.1) is 24.0 Å². The van der Waals surface area contributed by atoms with Crippen LogP contribution in [0, 0.1) is 12.8 Å². The van der Waals surface area contributed by atoms with E-state index in [0.29, 0.717) is 19.8 Å². The molecule has 6 nitrogen and oxygen atoms in total. The van der Waals surface area contributed by atoms with Crippen molar-refractivity contribution in [2.75, 3.05) is 54.1 Å². The molecule has 1 aliphatic heterocycles. The summed E-state index contributed by atoms with van der Waals surface area (Å²) in [5, 5.41) is 6.90. The van der Waals surface area contributed by atoms with Crippen molar-refractivity contribution in [3.8, 4) is 5.75 Å². The highest BCUT2D eigenvalue weighted by Gasteiger charge is 2.16. The van der Waals surface area contributed by atoms with Crippen LogP contribution in [-0.2, 0) is 11.3 Å². The predicted octanol–water partition coefficient (Wildman–Crippen LogP) is 3.04. The minimum Gasteiger partial charge on any atom is -0.493 e. The number of aliphatic imine (C=N–C) groups is 1. The third-order valence-electron chi connectivity index (χ3n) is 5.04. The fourth-order valence-electron chi connectivity index (χ4n) is 3.23. The predicted molar refractivity (Wildman–Crippen MR) is 127 cm³/mol. The Morgan fingerprint density at radius 3 is 2.64 bits per heavy atom. The minimum atomic E-state index is 0. The first kappa shape index (κ1) is 25.0. The van der Waals surface area contributed by atoms with Crippen LogP contribution < -0.4 is 15.4 Å². The molecule has 1 fully saturated rings. The monoisotopic (exact) mass is 504 g/mol. The number of benzene rings is 1. The van der Waals surface area contributed by atoms with Gasteiger partial charge in [0.25, 0.3) is 0 Å². The van der Waals surface area contributed by atoms with Crippen molar-refractivity contribution in [2.45, 2.75) is 32.7 Å². The summed E-state index contributed by atoms with van der Waals surface area (Å²) in [7, 11) is 5.73. The van der Waals surface area contributed by atoms with Crippen LogP contribution in [0.25, 0.3) is 0 Å². The molecule has 1 aromatic carbocycles. The lowest BCUT2D eigenvalue weighted by molar-refractivity contribution is 0.171. The van der Waals surface area contributed by atoms with Gasteiger partial charge in [-0.3, -0.25) is 4.99 Å². The van der Waals surface area contributed by atoms with Crippen LogP contribution in [0.2, 0.25) is 0 Å². The maximum Gasteiger partial charge on any atom is 0.191 e. The molecule has 160 valence electrons. The van der Waals surface area contributed by atoms with E-state index in [9.17, 15) is 0 Å². The highest BCUT2D eigenvalue weighted by molar-refractivity contribution is 14.0. The lowest BCUT2D eigenvalue weighted by atomic mass is 9.97. The van der Waals surface area contributed by atoms with E-state index in [4.69, 9.17) is 9.47 Å². The van der Waals surface area contributed by atoms with E-state index >= 15 is 0 Å². The van der Waals surface area contributed by atoms with Gasteiger partial charge in [0.15, 0.2) is 5.96 Å². The first-order valence-electron chi connectivity index (χ1n) is 9.96. The van der Waals surface area contributed by atoms with Crippen LogP contribution >= 0.6 is 24.0 Å². The zero-order valence-electron chi connectivity index (χ0n) is 17.8. The molecule has 0 radical (unpaired) electrons. The van der Waals surface area contributed by atoms with Crippen LogP contribution in [0.3, 0.4) is 0 Å². The molecule has 0 unspecified atom stereocenters. The molecule has 0 aromatic heterocycles. The number of hydrogen-bond donors (Lipinski definition) is 2. The van der Waals surface area contributed by atoms with Crippen LogP contribution in [0.15, 0.2) is 23.2 Å². The average molecular weight is 504 g/mol. The molecule has 1 saturated heterocycles. The maximum absolute atomic E-state index is 5.97. The van der Waals surface area contributed by atoms with E-state index in [1.54, 1.807) is 7.11 Å². The van der Waals surface area contributed by atoms with Crippen molar-refractivity contribution >= 4 is 29.9 Å². The van der Waals surface area contributed by atoms with Crippen molar-refractivity contribution in [1.82, 2.24) is 15.5 Å². The Labute approximate surface area is 187 Å². The molecule has 2 rings (SSSR count). The number of rotatable bonds is 9. The molecule has 0 amide bonds. The van der Waals surface area contributed by atoms with Gasteiger partial charge in [0.2, 0.25) is 0 Å². The SMILES string of the molecule is CN=C(NCc1ccc(C)cc1OCCCOC)NCC1CCN(C)CC1.I. The number of piperidine rings is 1. The summed E-state index contributed by atoms with van der Waals surface area (Å²) in [5.41, 5.74) is 2.34. The first-order chi connectivity index (χ1) is 13.1. The summed E-state index contributed by atoms with van der Waals surface area (Å²) in [4.78, 5) is 6.76. The standard InChI is InChI=1S/C21H36N4O2.HI/c1-17-6-7-19(20(14-17)27-13-5-12-26-4)16-24-21(22-2)23-15-18-8-10-25(3)11-9-18;/h6-7,14,18H,5,8-13,15-16H2,1-4H3,(H2,22,23,24);1H. The number of nitrogens with zero attached hydrogens (tertiary/aromatic N) is 2. The Kier molecular flexibility index (Phi) is 12.5. The molecule has 1 aliphatic rings. The van der Waals surface area contributed by atoms with E-state index in [1.165, 1.54) is 31.5 Å². The number of likely N-dealkylation sites (tertiary alicyclic amines) is 1. The Balaban J connectivity index is 0.00000392. The zero-order valence-corrected chi connectivity index (χ0v) is 20.1. The van der Waals surface area contributed by atoms with Crippen LogP contribution in [0.1, 0.15) is 30.4 Å². The second kappa shape index (κ2) is 14.0. The van der Waals surface area contributed by atoms with Crippen molar-refractivity contribution in [2.24, 2.45) is 10.9 Å². The summed E-state index contributed by atoms with van der Waals surface area (Å²) in [5.74, 6) is 2.50. The van der Waals surface area contributed by atoms with Gasteiger partial charge in [-0.25, -0.2) is 0 Å². The van der Waals surface area contributed by atoms with Gasteiger partial charge in [-0.2, -0.15) is 0 Å². The Morgan fingerprint density at radius 1 is 1.21 bits per heavy atom. The van der Waals surface area contributed by atoms with E-state index in [-0.39, 0.29) is 24.0 Å². The maximum atomic E-state index is 5.97. The Hall–Kier alpha value is -1.06. The number of aryl methyl sites for hydroxylation is 1. The third kappa shape index (κ3) is 8.96. The molecular formula is C21H37IN4O2. The molecule has 2 N–H and O–H groups in total. The highest BCUT2D eigenvalue weighted by Crippen LogP contribution is 2.20. The van der Waals surface area contributed by atoms with E-state index < -0.39 is 0 Å². The number of nitrogens with one attached hydrogen (secondary N) is 2. The number of ether oxygens (including phenoxy) is 2. The van der Waals surface area contributed by atoms with Crippen LogP contribution in [-0.4, -0.2) is 64.9 Å². The van der Waals surface area contributed by atoms with Crippen molar-refractivity contribution in [3.05, 3.63) is 29.3 Å². The number of methoxy groups -OCH3 is 1. The summed E-state index contributed by atoms with van der Waals surface area (Å²) in [6.07, 6.45) is 3.38. The van der Waals surface area contributed by atoms with Gasteiger partial charge in [-0.1, -0.05) is 12.1 Å². The molecule has 28 heavy (non-hydrogen) atoms. The fraction of sp³-hybridized carbons (Fsp3) is 0.667. The van der Waals surface area contributed by atoms with Gasteiger partial charge in [0, 0.05) is 45.8 Å². The molecule has 7 heteroatoms. The smallest absolute Gasteiger partial charge is 0.191 e. The molecule has 1 heterocycles. The van der Waals surface area contributed by atoms with Gasteiger partial charge in [0.1, 0.15) is 5.75 Å². The van der Waals surface area contributed by atoms with Crippen LogP contribution in [0.4, 0.5) is 0 Å². The normalized spacial score (nSPS) is 15.8. The van der Waals surface area contributed by atoms with Crippen molar-refractivity contribution in [3.63, 3.8) is 0 Å². The topological polar surface area (TPSA) is 58.1 Å². The second-order valence-corrected chi connectivity index (χ2v) is 7.36. The Morgan fingerprint density at radius 2 is 1.96 bits per heavy atom. The van der Waals surface area contributed by atoms with Gasteiger partial charge in [-0.05, 0) is 57.5 Å². The lowest BCUT2D eigenvalue weighted by Gasteiger charge is -2.29. The largest absolute Gasteiger partial charge is 0.493 e. The molecule has 0 atom stereocenters. The third-order valence-corrected chi connectivity index (χ3v) is 5.04. The molecule has 0 bridgehead atoms. The van der Waals surface area contributed by atoms with E-state index in [2.05, 4.69) is 52.7 Å². The molecular weight excluding hydrogens is 467 g/mol. The van der Waals surface area contributed by atoms with Gasteiger partial charge in [0.05, 0.1) is 6.61 Å². The van der Waals surface area contributed by atoms with Crippen molar-refractivity contribution < 1.29 is 9.47 Å². The van der Waals surface area contributed by atoms with Crippen LogP contribution in [0.5, 0.6) is 5.75 Å². The first-order valence-corrected chi connectivity index (χ1v) is 9.96. The lowest BCUT2D eigenvalue weighted by Crippen LogP contribution is -2.42. The van der Waals surface area contributed by atoms with Gasteiger partial charge < -0.3 is 25.0 Å². The van der Waals surface area contributed by atoms with Crippen molar-refractivity contribution in [1.29, 1.82) is 0 Å². The minimum absolute atomic E-state index is 0. The second-order valence-electron chi connectivity index (χ2n) is 7.36. The summed E-state index contributed by atoms with van der Waals surface area (Å²) < 4.78 is 11.1. The molecule has 0 spiro atoms. The summed E-state index contributed by atoms with van der Waals surface area (Å²) >= 11 is 0. The molecule has 1 aromatic rings. The number of halogens is 1. The van der Waals surface area contributed by atoms with E-state index in [0.717, 1.165) is 36.2 Å². The summed E-state index contributed by atoms with van der Waals surface area (Å²) in [6.45, 7) is 7.49. The molecule has 0 aliphatic carbocycles. The van der Waals surface area contributed by atoms with Gasteiger partial charge >= 0.3 is 0 Å². The zero-order chi connectivity index (χ0) is 19.5. The number of hydrogen-bond acceptors (Lipinski definition) is 4. The molecule has 0 saturated carbocycles. The fourth-order valence-corrected chi connectivity index (χ4v) is 3.23. The summed E-state index contributed by atoms with van der Waals surface area (Å²) in [6, 6.07) is 6.34. The quantitative estimate of drug-likeness (QED) is 0.235. The number of guanidine groups is 1. The Bertz CT molecular complexity index is 590. The average Bonchev–Trinajstić information content (AvgIpc) is 2.68.